The maximum atomic E-state index is 12.9. The fraction of sp³-hybridized carbons (Fsp3) is 0.409. The third-order valence-electron chi connectivity index (χ3n) is 5.32. The van der Waals surface area contributed by atoms with Crippen LogP contribution in [0.15, 0.2) is 47.4 Å². The Kier molecular flexibility index (Phi) is 6.58. The van der Waals surface area contributed by atoms with Gasteiger partial charge in [-0.25, -0.2) is 8.42 Å². The van der Waals surface area contributed by atoms with Gasteiger partial charge in [0.25, 0.3) is 0 Å². The Bertz CT molecular complexity index is 926. The molecule has 1 fully saturated rings. The molecule has 1 saturated heterocycles. The van der Waals surface area contributed by atoms with Gasteiger partial charge in [0, 0.05) is 30.5 Å². The lowest BCUT2D eigenvalue weighted by Crippen LogP contribution is -2.40. The van der Waals surface area contributed by atoms with Crippen LogP contribution in [0.1, 0.15) is 36.0 Å². The first kappa shape index (κ1) is 21.0. The van der Waals surface area contributed by atoms with Crippen molar-refractivity contribution >= 4 is 27.4 Å². The van der Waals surface area contributed by atoms with Gasteiger partial charge in [-0.15, -0.1) is 0 Å². The van der Waals surface area contributed by atoms with Crippen LogP contribution in [-0.4, -0.2) is 31.6 Å². The molecule has 0 N–H and O–H groups in total. The van der Waals surface area contributed by atoms with Crippen LogP contribution in [0.2, 0.25) is 5.02 Å². The largest absolute Gasteiger partial charge is 0.299 e. The minimum atomic E-state index is -3.51. The van der Waals surface area contributed by atoms with Gasteiger partial charge in [-0.3, -0.25) is 4.79 Å². The van der Waals surface area contributed by atoms with E-state index < -0.39 is 10.0 Å². The molecule has 1 aliphatic heterocycles. The molecule has 0 aromatic heterocycles. The molecule has 1 aliphatic rings. The molecule has 2 aromatic carbocycles. The third kappa shape index (κ3) is 5.02. The minimum absolute atomic E-state index is 0.0574. The predicted molar refractivity (Wildman–Crippen MR) is 112 cm³/mol. The number of hydrogen-bond acceptors (Lipinski definition) is 3. The van der Waals surface area contributed by atoms with E-state index in [1.165, 1.54) is 4.31 Å². The Labute approximate surface area is 172 Å². The molecule has 0 bridgehead atoms. The van der Waals surface area contributed by atoms with Crippen molar-refractivity contribution in [1.82, 2.24) is 4.31 Å². The summed E-state index contributed by atoms with van der Waals surface area (Å²) < 4.78 is 27.4. The molecule has 0 saturated carbocycles. The maximum Gasteiger partial charge on any atom is 0.243 e. The van der Waals surface area contributed by atoms with E-state index in [1.54, 1.807) is 12.1 Å². The fourth-order valence-corrected chi connectivity index (χ4v) is 5.56. The van der Waals surface area contributed by atoms with Gasteiger partial charge >= 0.3 is 0 Å². The highest BCUT2D eigenvalue weighted by molar-refractivity contribution is 7.89. The van der Waals surface area contributed by atoms with Crippen molar-refractivity contribution < 1.29 is 13.2 Å². The van der Waals surface area contributed by atoms with Crippen molar-refractivity contribution in [3.8, 4) is 0 Å². The van der Waals surface area contributed by atoms with E-state index in [4.69, 9.17) is 11.6 Å². The third-order valence-corrected chi connectivity index (χ3v) is 7.44. The topological polar surface area (TPSA) is 54.5 Å². The lowest BCUT2D eigenvalue weighted by atomic mass is 9.90. The molecule has 4 nitrogen and oxygen atoms in total. The summed E-state index contributed by atoms with van der Waals surface area (Å²) in [5.74, 6) is 0.163. The van der Waals surface area contributed by atoms with Crippen molar-refractivity contribution in [3.05, 3.63) is 64.2 Å². The SMILES string of the molecule is Cc1cc(C)cc(S(=O)(=O)N2CCC(C(=O)CCc3ccc(Cl)cc3)CC2)c1. The number of Topliss-reactive ketones (excluding diaryl/α,β-unsaturated/α-hetero) is 1. The van der Waals surface area contributed by atoms with E-state index >= 15 is 0 Å². The predicted octanol–water partition coefficient (Wildman–Crippen LogP) is 4.56. The van der Waals surface area contributed by atoms with Gasteiger partial charge in [0.2, 0.25) is 10.0 Å². The van der Waals surface area contributed by atoms with Crippen LogP contribution in [0.5, 0.6) is 0 Å². The Balaban J connectivity index is 1.57. The van der Waals surface area contributed by atoms with E-state index in [2.05, 4.69) is 0 Å². The number of piperidine rings is 1. The summed E-state index contributed by atoms with van der Waals surface area (Å²) in [5.41, 5.74) is 2.96. The van der Waals surface area contributed by atoms with Gasteiger partial charge in [0.15, 0.2) is 0 Å². The molecule has 0 spiro atoms. The zero-order valence-electron chi connectivity index (χ0n) is 16.3. The van der Waals surface area contributed by atoms with Crippen LogP contribution < -0.4 is 0 Å². The molecule has 0 amide bonds. The number of benzene rings is 2. The quantitative estimate of drug-likeness (QED) is 0.689. The molecule has 2 aromatic rings. The highest BCUT2D eigenvalue weighted by atomic mass is 35.5. The number of nitrogens with zero attached hydrogens (tertiary/aromatic N) is 1. The second-order valence-corrected chi connectivity index (χ2v) is 9.97. The van der Waals surface area contributed by atoms with E-state index in [1.807, 2.05) is 44.2 Å². The number of ketones is 1. The van der Waals surface area contributed by atoms with Crippen LogP contribution >= 0.6 is 11.6 Å². The molecular weight excluding hydrogens is 394 g/mol. The molecule has 28 heavy (non-hydrogen) atoms. The highest BCUT2D eigenvalue weighted by Gasteiger charge is 2.32. The molecule has 150 valence electrons. The standard InChI is InChI=1S/C22H26ClNO3S/c1-16-13-17(2)15-21(14-16)28(26,27)24-11-9-19(10-12-24)22(25)8-5-18-3-6-20(23)7-4-18/h3-4,6-7,13-15,19H,5,8-12H2,1-2H3. The smallest absolute Gasteiger partial charge is 0.243 e. The highest BCUT2D eigenvalue weighted by Crippen LogP contribution is 2.26. The van der Waals surface area contributed by atoms with E-state index in [-0.39, 0.29) is 11.7 Å². The number of carbonyl (C=O) groups is 1. The Morgan fingerprint density at radius 2 is 1.61 bits per heavy atom. The molecule has 0 aliphatic carbocycles. The van der Waals surface area contributed by atoms with E-state index in [0.717, 1.165) is 16.7 Å². The molecule has 6 heteroatoms. The molecule has 0 radical (unpaired) electrons. The maximum absolute atomic E-state index is 12.9. The van der Waals surface area contributed by atoms with Crippen molar-refractivity contribution in [2.24, 2.45) is 5.92 Å². The summed E-state index contributed by atoms with van der Waals surface area (Å²) in [7, 11) is -3.51. The van der Waals surface area contributed by atoms with Crippen LogP contribution in [-0.2, 0) is 21.2 Å². The first-order valence-electron chi connectivity index (χ1n) is 9.61. The summed E-state index contributed by atoms with van der Waals surface area (Å²) in [6.45, 7) is 4.59. The number of sulfonamides is 1. The van der Waals surface area contributed by atoms with Gasteiger partial charge < -0.3 is 0 Å². The number of aryl methyl sites for hydroxylation is 3. The summed E-state index contributed by atoms with van der Waals surface area (Å²) in [4.78, 5) is 12.9. The van der Waals surface area contributed by atoms with Gasteiger partial charge in [-0.2, -0.15) is 4.31 Å². The average Bonchev–Trinajstić information content (AvgIpc) is 2.66. The first-order valence-corrected chi connectivity index (χ1v) is 11.4. The Morgan fingerprint density at radius 1 is 1.04 bits per heavy atom. The summed E-state index contributed by atoms with van der Waals surface area (Å²) in [6, 6.07) is 12.9. The normalized spacial score (nSPS) is 16.2. The molecule has 1 heterocycles. The molecule has 3 rings (SSSR count). The van der Waals surface area contributed by atoms with Crippen LogP contribution in [0.25, 0.3) is 0 Å². The van der Waals surface area contributed by atoms with Crippen LogP contribution in [0.3, 0.4) is 0 Å². The summed E-state index contributed by atoms with van der Waals surface area (Å²) in [5, 5.41) is 0.687. The first-order chi connectivity index (χ1) is 13.3. The minimum Gasteiger partial charge on any atom is -0.299 e. The number of rotatable bonds is 6. The van der Waals surface area contributed by atoms with Crippen molar-refractivity contribution in [2.75, 3.05) is 13.1 Å². The summed E-state index contributed by atoms with van der Waals surface area (Å²) in [6.07, 6.45) is 2.35. The van der Waals surface area contributed by atoms with Gasteiger partial charge in [-0.05, 0) is 74.1 Å². The van der Waals surface area contributed by atoms with Crippen molar-refractivity contribution in [2.45, 2.75) is 44.4 Å². The van der Waals surface area contributed by atoms with Crippen molar-refractivity contribution in [1.29, 1.82) is 0 Å². The van der Waals surface area contributed by atoms with Crippen LogP contribution in [0, 0.1) is 19.8 Å². The second kappa shape index (κ2) is 8.76. The Hall–Kier alpha value is -1.69. The average molecular weight is 420 g/mol. The lowest BCUT2D eigenvalue weighted by molar-refractivity contribution is -0.123. The Morgan fingerprint density at radius 3 is 2.18 bits per heavy atom. The van der Waals surface area contributed by atoms with Gasteiger partial charge in [-0.1, -0.05) is 29.8 Å². The molecule has 0 unspecified atom stereocenters. The van der Waals surface area contributed by atoms with E-state index in [0.29, 0.717) is 48.7 Å². The fourth-order valence-electron chi connectivity index (χ4n) is 3.77. The zero-order chi connectivity index (χ0) is 20.3. The van der Waals surface area contributed by atoms with Crippen LogP contribution in [0.4, 0.5) is 0 Å². The molecular formula is C22H26ClNO3S. The number of hydrogen-bond donors (Lipinski definition) is 0. The summed E-state index contributed by atoms with van der Waals surface area (Å²) >= 11 is 5.89. The second-order valence-electron chi connectivity index (χ2n) is 7.59. The van der Waals surface area contributed by atoms with E-state index in [9.17, 15) is 13.2 Å². The lowest BCUT2D eigenvalue weighted by Gasteiger charge is -2.30. The van der Waals surface area contributed by atoms with Crippen molar-refractivity contribution in [3.63, 3.8) is 0 Å². The van der Waals surface area contributed by atoms with Gasteiger partial charge in [0.05, 0.1) is 4.90 Å². The monoisotopic (exact) mass is 419 g/mol. The molecule has 0 atom stereocenters. The zero-order valence-corrected chi connectivity index (χ0v) is 17.9. The van der Waals surface area contributed by atoms with Gasteiger partial charge in [0.1, 0.15) is 5.78 Å². The number of carbonyl (C=O) groups excluding carboxylic acids is 1. The number of halogens is 1.